The molecule has 2 aromatic carbocycles. The first-order chi connectivity index (χ1) is 14.5. The van der Waals surface area contributed by atoms with Crippen LogP contribution in [0.15, 0.2) is 54.1 Å². The van der Waals surface area contributed by atoms with Gasteiger partial charge in [-0.3, -0.25) is 9.59 Å². The molecule has 0 bridgehead atoms. The lowest BCUT2D eigenvalue weighted by Gasteiger charge is -2.25. The second-order valence-electron chi connectivity index (χ2n) is 7.14. The van der Waals surface area contributed by atoms with Gasteiger partial charge in [0.15, 0.2) is 0 Å². The Morgan fingerprint density at radius 1 is 1.03 bits per heavy atom. The second-order valence-corrected chi connectivity index (χ2v) is 7.14. The minimum absolute atomic E-state index is 0.0891. The van der Waals surface area contributed by atoms with Crippen molar-refractivity contribution >= 4 is 17.4 Å². The summed E-state index contributed by atoms with van der Waals surface area (Å²) in [6, 6.07) is 13.4. The number of aliphatic hydroxyl groups is 1. The van der Waals surface area contributed by atoms with E-state index in [1.165, 1.54) is 4.90 Å². The van der Waals surface area contributed by atoms with Crippen molar-refractivity contribution in [1.82, 2.24) is 4.90 Å². The number of nitrogens with zero attached hydrogens (tertiary/aromatic N) is 1. The molecule has 1 unspecified atom stereocenters. The number of rotatable bonds is 8. The Morgan fingerprint density at radius 2 is 1.77 bits per heavy atom. The van der Waals surface area contributed by atoms with E-state index in [9.17, 15) is 14.7 Å². The number of likely N-dealkylation sites (tertiary alicyclic amines) is 1. The van der Waals surface area contributed by atoms with Crippen LogP contribution in [0.5, 0.6) is 11.5 Å². The number of hydrogen-bond acceptors (Lipinski definition) is 5. The Morgan fingerprint density at radius 3 is 2.40 bits per heavy atom. The third-order valence-corrected chi connectivity index (χ3v) is 5.01. The van der Waals surface area contributed by atoms with E-state index in [1.54, 1.807) is 31.4 Å². The summed E-state index contributed by atoms with van der Waals surface area (Å²) in [6.45, 7) is 4.95. The lowest BCUT2D eigenvalue weighted by Crippen LogP contribution is -2.30. The Bertz CT molecular complexity index is 948. The summed E-state index contributed by atoms with van der Waals surface area (Å²) < 4.78 is 10.9. The molecule has 1 N–H and O–H groups in total. The van der Waals surface area contributed by atoms with Crippen LogP contribution in [-0.2, 0) is 9.59 Å². The first kappa shape index (κ1) is 21.4. The average molecular weight is 409 g/mol. The van der Waals surface area contributed by atoms with Gasteiger partial charge in [-0.25, -0.2) is 0 Å². The van der Waals surface area contributed by atoms with Gasteiger partial charge in [0.25, 0.3) is 11.7 Å². The van der Waals surface area contributed by atoms with Crippen LogP contribution in [0.1, 0.15) is 43.9 Å². The molecule has 1 amide bonds. The number of carbonyl (C=O) groups excluding carboxylic acids is 2. The van der Waals surface area contributed by atoms with Gasteiger partial charge >= 0.3 is 0 Å². The molecule has 30 heavy (non-hydrogen) atoms. The summed E-state index contributed by atoms with van der Waals surface area (Å²) in [5.41, 5.74) is 1.27. The molecule has 158 valence electrons. The number of ether oxygens (including phenoxy) is 2. The molecule has 0 saturated carbocycles. The summed E-state index contributed by atoms with van der Waals surface area (Å²) in [6.07, 6.45) is 1.56. The first-order valence-electron chi connectivity index (χ1n) is 10.2. The molecule has 2 aromatic rings. The topological polar surface area (TPSA) is 76.1 Å². The van der Waals surface area contributed by atoms with Crippen molar-refractivity contribution in [1.29, 1.82) is 0 Å². The summed E-state index contributed by atoms with van der Waals surface area (Å²) in [4.78, 5) is 27.2. The van der Waals surface area contributed by atoms with Crippen LogP contribution < -0.4 is 9.47 Å². The largest absolute Gasteiger partial charge is 0.507 e. The van der Waals surface area contributed by atoms with Gasteiger partial charge in [-0.1, -0.05) is 26.0 Å². The number of Topliss-reactive ketones (excluding diaryl/α,β-unsaturated/α-hetero) is 1. The summed E-state index contributed by atoms with van der Waals surface area (Å²) in [5, 5.41) is 11.0. The zero-order chi connectivity index (χ0) is 21.7. The van der Waals surface area contributed by atoms with E-state index in [1.807, 2.05) is 38.1 Å². The molecule has 3 rings (SSSR count). The molecule has 0 spiro atoms. The summed E-state index contributed by atoms with van der Waals surface area (Å²) in [7, 11) is 1.55. The SMILES string of the molecule is CCCOc1cccc(C2/C(=C(/O)c3ccc(OC)cc3)C(=O)C(=O)N2CCC)c1. The maximum absolute atomic E-state index is 12.9. The van der Waals surface area contributed by atoms with E-state index in [2.05, 4.69) is 0 Å². The fourth-order valence-corrected chi connectivity index (χ4v) is 3.60. The number of benzene rings is 2. The van der Waals surface area contributed by atoms with Gasteiger partial charge in [-0.05, 0) is 54.8 Å². The fourth-order valence-electron chi connectivity index (χ4n) is 3.60. The van der Waals surface area contributed by atoms with E-state index >= 15 is 0 Å². The normalized spacial score (nSPS) is 18.0. The number of carbonyl (C=O) groups is 2. The predicted octanol–water partition coefficient (Wildman–Crippen LogP) is 4.32. The molecule has 1 atom stereocenters. The van der Waals surface area contributed by atoms with Gasteiger partial charge in [-0.15, -0.1) is 0 Å². The van der Waals surface area contributed by atoms with Crippen molar-refractivity contribution in [3.05, 3.63) is 65.2 Å². The van der Waals surface area contributed by atoms with Crippen LogP contribution in [0.4, 0.5) is 0 Å². The fraction of sp³-hybridized carbons (Fsp3) is 0.333. The third-order valence-electron chi connectivity index (χ3n) is 5.01. The quantitative estimate of drug-likeness (QED) is 0.399. The van der Waals surface area contributed by atoms with E-state index in [0.717, 1.165) is 12.0 Å². The maximum atomic E-state index is 12.9. The maximum Gasteiger partial charge on any atom is 0.295 e. The van der Waals surface area contributed by atoms with Gasteiger partial charge < -0.3 is 19.5 Å². The van der Waals surface area contributed by atoms with Crippen molar-refractivity contribution in [3.63, 3.8) is 0 Å². The average Bonchev–Trinajstić information content (AvgIpc) is 3.02. The number of amides is 1. The molecule has 6 heteroatoms. The monoisotopic (exact) mass is 409 g/mol. The molecule has 1 aliphatic rings. The highest BCUT2D eigenvalue weighted by atomic mass is 16.5. The molecule has 1 aliphatic heterocycles. The zero-order valence-corrected chi connectivity index (χ0v) is 17.6. The minimum Gasteiger partial charge on any atom is -0.507 e. The minimum atomic E-state index is -0.679. The first-order valence-corrected chi connectivity index (χ1v) is 10.2. The highest BCUT2D eigenvalue weighted by Crippen LogP contribution is 2.40. The molecule has 1 saturated heterocycles. The number of ketones is 1. The molecule has 1 heterocycles. The summed E-state index contributed by atoms with van der Waals surface area (Å²) >= 11 is 0. The van der Waals surface area contributed by atoms with Crippen LogP contribution in [0.3, 0.4) is 0 Å². The number of aliphatic hydroxyl groups excluding tert-OH is 1. The Labute approximate surface area is 176 Å². The van der Waals surface area contributed by atoms with E-state index in [4.69, 9.17) is 9.47 Å². The smallest absolute Gasteiger partial charge is 0.295 e. The molecule has 6 nitrogen and oxygen atoms in total. The van der Waals surface area contributed by atoms with Crippen LogP contribution in [-0.4, -0.2) is 42.0 Å². The van der Waals surface area contributed by atoms with Crippen molar-refractivity contribution in [2.75, 3.05) is 20.3 Å². The number of hydrogen-bond donors (Lipinski definition) is 1. The van der Waals surface area contributed by atoms with Gasteiger partial charge in [0.2, 0.25) is 0 Å². The molecule has 1 fully saturated rings. The Balaban J connectivity index is 2.11. The third kappa shape index (κ3) is 4.17. The lowest BCUT2D eigenvalue weighted by molar-refractivity contribution is -0.139. The lowest BCUT2D eigenvalue weighted by atomic mass is 9.95. The van der Waals surface area contributed by atoms with Crippen LogP contribution in [0.2, 0.25) is 0 Å². The van der Waals surface area contributed by atoms with Gasteiger partial charge in [0, 0.05) is 12.1 Å². The van der Waals surface area contributed by atoms with Crippen molar-refractivity contribution in [3.8, 4) is 11.5 Å². The number of methoxy groups -OCH3 is 1. The van der Waals surface area contributed by atoms with Gasteiger partial charge in [0.05, 0.1) is 25.3 Å². The Kier molecular flexibility index (Phi) is 6.77. The van der Waals surface area contributed by atoms with Crippen LogP contribution in [0.25, 0.3) is 5.76 Å². The zero-order valence-electron chi connectivity index (χ0n) is 17.6. The molecule has 0 aliphatic carbocycles. The summed E-state index contributed by atoms with van der Waals surface area (Å²) in [5.74, 6) is -0.172. The van der Waals surface area contributed by atoms with Crippen molar-refractivity contribution in [2.24, 2.45) is 0 Å². The van der Waals surface area contributed by atoms with Crippen molar-refractivity contribution < 1.29 is 24.2 Å². The highest BCUT2D eigenvalue weighted by molar-refractivity contribution is 6.46. The van der Waals surface area contributed by atoms with Crippen molar-refractivity contribution in [2.45, 2.75) is 32.7 Å². The molecular weight excluding hydrogens is 382 g/mol. The van der Waals surface area contributed by atoms with Gasteiger partial charge in [-0.2, -0.15) is 0 Å². The highest BCUT2D eigenvalue weighted by Gasteiger charge is 2.45. The van der Waals surface area contributed by atoms with Crippen LogP contribution in [0, 0.1) is 0 Å². The predicted molar refractivity (Wildman–Crippen MR) is 115 cm³/mol. The van der Waals surface area contributed by atoms with Gasteiger partial charge in [0.1, 0.15) is 17.3 Å². The van der Waals surface area contributed by atoms with Crippen LogP contribution >= 0.6 is 0 Å². The molecular formula is C24H27NO5. The molecule has 0 radical (unpaired) electrons. The van der Waals surface area contributed by atoms with E-state index in [-0.39, 0.29) is 11.3 Å². The van der Waals surface area contributed by atoms with E-state index in [0.29, 0.717) is 36.6 Å². The second kappa shape index (κ2) is 9.48. The Hall–Kier alpha value is -3.28. The molecule has 0 aromatic heterocycles. The van der Waals surface area contributed by atoms with E-state index < -0.39 is 17.7 Å². The standard InChI is InChI=1S/C24H27NO5/c1-4-13-25-21(17-7-6-8-19(15-17)30-14-5-2)20(23(27)24(25)28)22(26)16-9-11-18(29-3)12-10-16/h6-12,15,21,26H,4-5,13-14H2,1-3H3/b22-20-.